The monoisotopic (exact) mass is 368 g/mol. The van der Waals surface area contributed by atoms with E-state index in [4.69, 9.17) is 4.74 Å². The topological polar surface area (TPSA) is 67.4 Å². The third-order valence-corrected chi connectivity index (χ3v) is 4.06. The Kier molecular flexibility index (Phi) is 6.99. The van der Waals surface area contributed by atoms with Crippen molar-refractivity contribution in [1.82, 2.24) is 5.32 Å². The average molecular weight is 368 g/mol. The predicted octanol–water partition coefficient (Wildman–Crippen LogP) is 4.35. The number of nitrogens with one attached hydrogen (secondary N) is 2. The summed E-state index contributed by atoms with van der Waals surface area (Å²) in [5.74, 6) is 0.455. The smallest absolute Gasteiger partial charge is 0.265 e. The minimum Gasteiger partial charge on any atom is -0.481 e. The zero-order chi connectivity index (χ0) is 20.0. The molecule has 0 bridgehead atoms. The van der Waals surface area contributed by atoms with Crippen LogP contribution in [0, 0.1) is 0 Å². The Hall–Kier alpha value is -2.82. The SMILES string of the molecule is CC(C)NC(=O)c1ccccc1NC(=O)[C@@H](C)Oc1ccccc1C(C)C. The molecule has 2 rings (SSSR count). The van der Waals surface area contributed by atoms with Gasteiger partial charge in [0.15, 0.2) is 6.10 Å². The molecule has 144 valence electrons. The first-order chi connectivity index (χ1) is 12.8. The van der Waals surface area contributed by atoms with Gasteiger partial charge >= 0.3 is 0 Å². The lowest BCUT2D eigenvalue weighted by molar-refractivity contribution is -0.122. The maximum atomic E-state index is 12.6. The average Bonchev–Trinajstić information content (AvgIpc) is 2.61. The van der Waals surface area contributed by atoms with Crippen LogP contribution in [0.5, 0.6) is 5.75 Å². The highest BCUT2D eigenvalue weighted by Crippen LogP contribution is 2.27. The number of para-hydroxylation sites is 2. The van der Waals surface area contributed by atoms with Gasteiger partial charge in [-0.25, -0.2) is 0 Å². The van der Waals surface area contributed by atoms with Gasteiger partial charge in [-0.2, -0.15) is 0 Å². The molecule has 2 aromatic rings. The number of carbonyl (C=O) groups excluding carboxylic acids is 2. The van der Waals surface area contributed by atoms with Gasteiger partial charge < -0.3 is 15.4 Å². The molecule has 1 atom stereocenters. The fourth-order valence-corrected chi connectivity index (χ4v) is 2.67. The Morgan fingerprint density at radius 3 is 2.19 bits per heavy atom. The molecule has 2 N–H and O–H groups in total. The third-order valence-electron chi connectivity index (χ3n) is 4.06. The van der Waals surface area contributed by atoms with E-state index < -0.39 is 6.10 Å². The molecular formula is C22H28N2O3. The van der Waals surface area contributed by atoms with Crippen molar-refractivity contribution in [2.24, 2.45) is 0 Å². The number of hydrogen-bond acceptors (Lipinski definition) is 3. The zero-order valence-electron chi connectivity index (χ0n) is 16.6. The highest BCUT2D eigenvalue weighted by Gasteiger charge is 2.20. The van der Waals surface area contributed by atoms with Gasteiger partial charge in [-0.05, 0) is 50.5 Å². The molecule has 0 heterocycles. The fraction of sp³-hybridized carbons (Fsp3) is 0.364. The number of ether oxygens (including phenoxy) is 1. The number of rotatable bonds is 7. The van der Waals surface area contributed by atoms with Gasteiger partial charge in [-0.15, -0.1) is 0 Å². The van der Waals surface area contributed by atoms with Crippen LogP contribution in [-0.2, 0) is 4.79 Å². The van der Waals surface area contributed by atoms with Crippen LogP contribution >= 0.6 is 0 Å². The van der Waals surface area contributed by atoms with E-state index >= 15 is 0 Å². The van der Waals surface area contributed by atoms with Crippen molar-refractivity contribution in [2.75, 3.05) is 5.32 Å². The van der Waals surface area contributed by atoms with Crippen LogP contribution in [-0.4, -0.2) is 24.0 Å². The first-order valence-electron chi connectivity index (χ1n) is 9.26. The predicted molar refractivity (Wildman–Crippen MR) is 108 cm³/mol. The summed E-state index contributed by atoms with van der Waals surface area (Å²) in [6, 6.07) is 14.7. The molecule has 2 aromatic carbocycles. The maximum absolute atomic E-state index is 12.6. The molecule has 0 fully saturated rings. The molecule has 5 nitrogen and oxygen atoms in total. The van der Waals surface area contributed by atoms with Crippen LogP contribution in [0.2, 0.25) is 0 Å². The second-order valence-electron chi connectivity index (χ2n) is 7.12. The standard InChI is InChI=1S/C22H28N2O3/c1-14(2)17-10-7-9-13-20(17)27-16(5)21(25)24-19-12-8-6-11-18(19)22(26)23-15(3)4/h6-16H,1-5H3,(H,23,26)(H,24,25)/t16-/m1/s1. The molecule has 0 aliphatic carbocycles. The van der Waals surface area contributed by atoms with Gasteiger partial charge in [0.25, 0.3) is 11.8 Å². The quantitative estimate of drug-likeness (QED) is 0.763. The molecule has 27 heavy (non-hydrogen) atoms. The van der Waals surface area contributed by atoms with Crippen molar-refractivity contribution in [2.45, 2.75) is 52.7 Å². The van der Waals surface area contributed by atoms with Gasteiger partial charge in [0, 0.05) is 6.04 Å². The van der Waals surface area contributed by atoms with Gasteiger partial charge in [-0.1, -0.05) is 44.2 Å². The molecule has 0 spiro atoms. The van der Waals surface area contributed by atoms with E-state index in [9.17, 15) is 9.59 Å². The van der Waals surface area contributed by atoms with Crippen LogP contribution in [0.25, 0.3) is 0 Å². The van der Waals surface area contributed by atoms with Crippen LogP contribution in [0.4, 0.5) is 5.69 Å². The Morgan fingerprint density at radius 2 is 1.52 bits per heavy atom. The minimum absolute atomic E-state index is 0.0102. The van der Waals surface area contributed by atoms with E-state index in [2.05, 4.69) is 24.5 Å². The van der Waals surface area contributed by atoms with Crippen LogP contribution in [0.3, 0.4) is 0 Å². The van der Waals surface area contributed by atoms with Crippen molar-refractivity contribution in [1.29, 1.82) is 0 Å². The summed E-state index contributed by atoms with van der Waals surface area (Å²) in [7, 11) is 0. The lowest BCUT2D eigenvalue weighted by atomic mass is 10.0. The van der Waals surface area contributed by atoms with Gasteiger partial charge in [-0.3, -0.25) is 9.59 Å². The maximum Gasteiger partial charge on any atom is 0.265 e. The Balaban J connectivity index is 2.13. The first-order valence-corrected chi connectivity index (χ1v) is 9.26. The van der Waals surface area contributed by atoms with Crippen LogP contribution in [0.1, 0.15) is 56.5 Å². The van der Waals surface area contributed by atoms with E-state index in [1.165, 1.54) is 0 Å². The van der Waals surface area contributed by atoms with Gasteiger partial charge in [0.05, 0.1) is 11.3 Å². The largest absolute Gasteiger partial charge is 0.481 e. The molecule has 2 amide bonds. The number of benzene rings is 2. The Morgan fingerprint density at radius 1 is 0.889 bits per heavy atom. The van der Waals surface area contributed by atoms with E-state index in [0.29, 0.717) is 17.0 Å². The lowest BCUT2D eigenvalue weighted by Gasteiger charge is -2.19. The Labute approximate surface area is 161 Å². The number of anilines is 1. The van der Waals surface area contributed by atoms with Crippen molar-refractivity contribution >= 4 is 17.5 Å². The molecule has 0 saturated heterocycles. The van der Waals surface area contributed by atoms with Crippen LogP contribution in [0.15, 0.2) is 48.5 Å². The summed E-state index contributed by atoms with van der Waals surface area (Å²) in [4.78, 5) is 25.0. The van der Waals surface area contributed by atoms with E-state index in [1.807, 2.05) is 38.1 Å². The summed E-state index contributed by atoms with van der Waals surface area (Å²) < 4.78 is 5.89. The van der Waals surface area contributed by atoms with E-state index in [0.717, 1.165) is 5.56 Å². The highest BCUT2D eigenvalue weighted by atomic mass is 16.5. The van der Waals surface area contributed by atoms with Gasteiger partial charge in [0.2, 0.25) is 0 Å². The van der Waals surface area contributed by atoms with Crippen molar-refractivity contribution in [3.8, 4) is 5.75 Å². The molecule has 5 heteroatoms. The lowest BCUT2D eigenvalue weighted by Crippen LogP contribution is -2.33. The number of carbonyl (C=O) groups is 2. The van der Waals surface area contributed by atoms with Crippen LogP contribution < -0.4 is 15.4 Å². The normalized spacial score (nSPS) is 12.0. The van der Waals surface area contributed by atoms with Crippen molar-refractivity contribution in [3.63, 3.8) is 0 Å². The van der Waals surface area contributed by atoms with Crippen molar-refractivity contribution in [3.05, 3.63) is 59.7 Å². The highest BCUT2D eigenvalue weighted by molar-refractivity contribution is 6.04. The summed E-state index contributed by atoms with van der Waals surface area (Å²) >= 11 is 0. The molecule has 0 saturated carbocycles. The molecule has 0 aliphatic rings. The first kappa shape index (κ1) is 20.5. The molecule has 0 radical (unpaired) electrons. The van der Waals surface area contributed by atoms with Gasteiger partial charge in [0.1, 0.15) is 5.75 Å². The van der Waals surface area contributed by atoms with Crippen molar-refractivity contribution < 1.29 is 14.3 Å². The summed E-state index contributed by atoms with van der Waals surface area (Å²) in [5.41, 5.74) is 1.94. The second kappa shape index (κ2) is 9.21. The second-order valence-corrected chi connectivity index (χ2v) is 7.12. The number of hydrogen-bond donors (Lipinski definition) is 2. The third kappa shape index (κ3) is 5.58. The van der Waals surface area contributed by atoms with E-state index in [1.54, 1.807) is 31.2 Å². The molecular weight excluding hydrogens is 340 g/mol. The molecule has 0 unspecified atom stereocenters. The Bertz CT molecular complexity index is 800. The molecule has 0 aliphatic heterocycles. The molecule has 0 aromatic heterocycles. The number of amides is 2. The summed E-state index contributed by atoms with van der Waals surface area (Å²) in [5, 5.41) is 5.65. The summed E-state index contributed by atoms with van der Waals surface area (Å²) in [6.07, 6.45) is -0.703. The van der Waals surface area contributed by atoms with E-state index in [-0.39, 0.29) is 23.8 Å². The minimum atomic E-state index is -0.703. The summed E-state index contributed by atoms with van der Waals surface area (Å²) in [6.45, 7) is 9.64. The fourth-order valence-electron chi connectivity index (χ4n) is 2.67. The zero-order valence-corrected chi connectivity index (χ0v) is 16.6.